The molecule has 0 fully saturated rings. The molecule has 0 amide bonds. The summed E-state index contributed by atoms with van der Waals surface area (Å²) in [7, 11) is 1.31. The van der Waals surface area contributed by atoms with Crippen molar-refractivity contribution in [3.8, 4) is 0 Å². The number of rotatable bonds is 2. The molecule has 2 nitrogen and oxygen atoms in total. The third kappa shape index (κ3) is 2.45. The van der Waals surface area contributed by atoms with Crippen LogP contribution < -0.4 is 0 Å². The molecule has 13 heavy (non-hydrogen) atoms. The molecule has 70 valence electrons. The van der Waals surface area contributed by atoms with Crippen molar-refractivity contribution in [2.24, 2.45) is 0 Å². The molecule has 0 aromatic heterocycles. The van der Waals surface area contributed by atoms with Crippen LogP contribution in [0.4, 0.5) is 0 Å². The number of ether oxygens (including phenoxy) is 1. The van der Waals surface area contributed by atoms with Crippen LogP contribution >= 0.6 is 27.5 Å². The van der Waals surface area contributed by atoms with Crippen molar-refractivity contribution in [2.75, 3.05) is 7.11 Å². The first-order valence-corrected chi connectivity index (χ1v) is 4.86. The lowest BCUT2D eigenvalue weighted by Gasteiger charge is -2.08. The van der Waals surface area contributed by atoms with Crippen LogP contribution in [-0.2, 0) is 9.53 Å². The van der Waals surface area contributed by atoms with Crippen LogP contribution in [0.5, 0.6) is 0 Å². The van der Waals surface area contributed by atoms with Crippen LogP contribution in [0.2, 0.25) is 0 Å². The maximum absolute atomic E-state index is 11.1. The van der Waals surface area contributed by atoms with Crippen molar-refractivity contribution in [2.45, 2.75) is 5.38 Å². The van der Waals surface area contributed by atoms with E-state index >= 15 is 0 Å². The molecule has 0 bridgehead atoms. The largest absolute Gasteiger partial charge is 0.468 e. The highest BCUT2D eigenvalue weighted by Crippen LogP contribution is 2.28. The maximum Gasteiger partial charge on any atom is 0.328 e. The third-order valence-electron chi connectivity index (χ3n) is 1.59. The number of carbonyl (C=O) groups is 1. The molecular weight excluding hydrogens is 255 g/mol. The number of benzene rings is 1. The Kier molecular flexibility index (Phi) is 3.75. The van der Waals surface area contributed by atoms with Gasteiger partial charge in [0.25, 0.3) is 0 Å². The number of esters is 1. The van der Waals surface area contributed by atoms with Gasteiger partial charge >= 0.3 is 5.97 Å². The summed E-state index contributed by atoms with van der Waals surface area (Å²) in [5.41, 5.74) is 0.719. The second-order valence-electron chi connectivity index (χ2n) is 2.41. The van der Waals surface area contributed by atoms with Crippen LogP contribution in [-0.4, -0.2) is 13.1 Å². The fraction of sp³-hybridized carbons (Fsp3) is 0.222. The van der Waals surface area contributed by atoms with Gasteiger partial charge in [-0.15, -0.1) is 11.6 Å². The third-order valence-corrected chi connectivity index (χ3v) is 2.72. The number of carbonyl (C=O) groups excluding carboxylic acids is 1. The van der Waals surface area contributed by atoms with E-state index in [-0.39, 0.29) is 0 Å². The van der Waals surface area contributed by atoms with Crippen molar-refractivity contribution < 1.29 is 9.53 Å². The highest BCUT2D eigenvalue weighted by Gasteiger charge is 2.19. The van der Waals surface area contributed by atoms with Gasteiger partial charge in [0.15, 0.2) is 5.38 Å². The number of hydrogen-bond donors (Lipinski definition) is 0. The van der Waals surface area contributed by atoms with Gasteiger partial charge in [0.1, 0.15) is 0 Å². The van der Waals surface area contributed by atoms with Gasteiger partial charge in [-0.3, -0.25) is 4.79 Å². The Morgan fingerprint density at radius 3 is 2.69 bits per heavy atom. The molecule has 1 aromatic rings. The van der Waals surface area contributed by atoms with Gasteiger partial charge in [0.2, 0.25) is 0 Å². The summed E-state index contributed by atoms with van der Waals surface area (Å²) in [6, 6.07) is 7.28. The summed E-state index contributed by atoms with van der Waals surface area (Å²) >= 11 is 9.16. The molecule has 0 spiro atoms. The quantitative estimate of drug-likeness (QED) is 0.606. The Bertz CT molecular complexity index is 314. The Hall–Kier alpha value is -0.540. The topological polar surface area (TPSA) is 26.3 Å². The molecule has 1 unspecified atom stereocenters. The minimum Gasteiger partial charge on any atom is -0.468 e. The van der Waals surface area contributed by atoms with Crippen molar-refractivity contribution in [1.29, 1.82) is 0 Å². The SMILES string of the molecule is COC(=O)C(Cl)c1ccccc1Br. The summed E-state index contributed by atoms with van der Waals surface area (Å²) in [5, 5.41) is -0.749. The van der Waals surface area contributed by atoms with E-state index in [4.69, 9.17) is 11.6 Å². The molecule has 1 atom stereocenters. The molecular formula is C9H8BrClO2. The molecule has 4 heteroatoms. The van der Waals surface area contributed by atoms with Gasteiger partial charge in [0, 0.05) is 4.47 Å². The zero-order valence-electron chi connectivity index (χ0n) is 6.96. The van der Waals surface area contributed by atoms with Gasteiger partial charge in [-0.2, -0.15) is 0 Å². The van der Waals surface area contributed by atoms with Crippen molar-refractivity contribution in [3.05, 3.63) is 34.3 Å². The van der Waals surface area contributed by atoms with Crippen LogP contribution in [0.25, 0.3) is 0 Å². The number of halogens is 2. The summed E-state index contributed by atoms with van der Waals surface area (Å²) in [6.07, 6.45) is 0. The van der Waals surface area contributed by atoms with Crippen LogP contribution in [0, 0.1) is 0 Å². The van der Waals surface area contributed by atoms with Crippen molar-refractivity contribution in [3.63, 3.8) is 0 Å². The molecule has 0 aliphatic heterocycles. The van der Waals surface area contributed by atoms with Gasteiger partial charge < -0.3 is 4.74 Å². The van der Waals surface area contributed by atoms with Gasteiger partial charge in [-0.05, 0) is 11.6 Å². The average Bonchev–Trinajstić information content (AvgIpc) is 2.16. The lowest BCUT2D eigenvalue weighted by Crippen LogP contribution is -2.08. The lowest BCUT2D eigenvalue weighted by molar-refractivity contribution is -0.140. The van der Waals surface area contributed by atoms with Crippen molar-refractivity contribution >= 4 is 33.5 Å². The molecule has 0 aliphatic rings. The Balaban J connectivity index is 2.95. The van der Waals surface area contributed by atoms with E-state index < -0.39 is 11.3 Å². The monoisotopic (exact) mass is 262 g/mol. The van der Waals surface area contributed by atoms with Crippen LogP contribution in [0.15, 0.2) is 28.7 Å². The van der Waals surface area contributed by atoms with Crippen LogP contribution in [0.1, 0.15) is 10.9 Å². The predicted octanol–water partition coefficient (Wildman–Crippen LogP) is 2.90. The molecule has 0 aliphatic carbocycles. The molecule has 0 heterocycles. The Morgan fingerprint density at radius 1 is 1.54 bits per heavy atom. The Morgan fingerprint density at radius 2 is 2.15 bits per heavy atom. The van der Waals surface area contributed by atoms with E-state index in [0.717, 1.165) is 10.0 Å². The first-order chi connectivity index (χ1) is 6.16. The van der Waals surface area contributed by atoms with E-state index in [0.29, 0.717) is 0 Å². The van der Waals surface area contributed by atoms with Gasteiger partial charge in [-0.25, -0.2) is 0 Å². The molecule has 1 rings (SSSR count). The van der Waals surface area contributed by atoms with E-state index in [1.165, 1.54) is 7.11 Å². The minimum absolute atomic E-state index is 0.450. The van der Waals surface area contributed by atoms with E-state index in [2.05, 4.69) is 20.7 Å². The number of methoxy groups -OCH3 is 1. The zero-order chi connectivity index (χ0) is 9.84. The number of alkyl halides is 1. The fourth-order valence-corrected chi connectivity index (χ4v) is 1.84. The van der Waals surface area contributed by atoms with Gasteiger partial charge in [-0.1, -0.05) is 34.1 Å². The average molecular weight is 264 g/mol. The number of hydrogen-bond acceptors (Lipinski definition) is 2. The summed E-state index contributed by atoms with van der Waals surface area (Å²) in [4.78, 5) is 11.1. The minimum atomic E-state index is -0.749. The molecule has 0 radical (unpaired) electrons. The van der Waals surface area contributed by atoms with E-state index in [1.54, 1.807) is 6.07 Å². The maximum atomic E-state index is 11.1. The zero-order valence-corrected chi connectivity index (χ0v) is 9.30. The van der Waals surface area contributed by atoms with Gasteiger partial charge in [0.05, 0.1) is 7.11 Å². The summed E-state index contributed by atoms with van der Waals surface area (Å²) in [5.74, 6) is -0.450. The highest BCUT2D eigenvalue weighted by molar-refractivity contribution is 9.10. The van der Waals surface area contributed by atoms with E-state index in [9.17, 15) is 4.79 Å². The first kappa shape index (κ1) is 10.5. The predicted molar refractivity (Wildman–Crippen MR) is 54.8 cm³/mol. The lowest BCUT2D eigenvalue weighted by atomic mass is 10.1. The van der Waals surface area contributed by atoms with E-state index in [1.807, 2.05) is 18.2 Å². The smallest absolute Gasteiger partial charge is 0.328 e. The second-order valence-corrected chi connectivity index (χ2v) is 3.70. The summed E-state index contributed by atoms with van der Waals surface area (Å²) in [6.45, 7) is 0. The van der Waals surface area contributed by atoms with Crippen LogP contribution in [0.3, 0.4) is 0 Å². The molecule has 1 aromatic carbocycles. The normalized spacial score (nSPS) is 12.2. The first-order valence-electron chi connectivity index (χ1n) is 3.63. The second kappa shape index (κ2) is 4.63. The molecule has 0 saturated heterocycles. The summed E-state index contributed by atoms with van der Waals surface area (Å²) < 4.78 is 5.34. The van der Waals surface area contributed by atoms with Crippen molar-refractivity contribution in [1.82, 2.24) is 0 Å². The molecule has 0 N–H and O–H groups in total. The molecule has 0 saturated carbocycles. The fourth-order valence-electron chi connectivity index (χ4n) is 0.911. The standard InChI is InChI=1S/C9H8BrClO2/c1-13-9(12)8(11)6-4-2-3-5-7(6)10/h2-5,8H,1H3. The highest BCUT2D eigenvalue weighted by atomic mass is 79.9. The Labute approximate surface area is 90.0 Å².